The van der Waals surface area contributed by atoms with E-state index in [2.05, 4.69) is 62.2 Å². The molecule has 1 aliphatic rings. The van der Waals surface area contributed by atoms with Gasteiger partial charge < -0.3 is 5.32 Å². The molecule has 0 radical (unpaired) electrons. The number of hydrogen-bond acceptors (Lipinski definition) is 2. The summed E-state index contributed by atoms with van der Waals surface area (Å²) in [5.74, 6) is 1.31. The van der Waals surface area contributed by atoms with Gasteiger partial charge in [-0.1, -0.05) is 29.8 Å². The second-order valence-electron chi connectivity index (χ2n) is 4.90. The molecule has 0 aromatic heterocycles. The van der Waals surface area contributed by atoms with Crippen LogP contribution in [0.3, 0.4) is 0 Å². The number of rotatable bonds is 3. The molecule has 0 spiro atoms. The lowest BCUT2D eigenvalue weighted by Gasteiger charge is -2.33. The van der Waals surface area contributed by atoms with E-state index in [4.69, 9.17) is 0 Å². The molecule has 1 nitrogen and oxygen atoms in total. The number of aryl methyl sites for hydroxylation is 1. The van der Waals surface area contributed by atoms with Crippen molar-refractivity contribution in [1.82, 2.24) is 5.32 Å². The van der Waals surface area contributed by atoms with Crippen LogP contribution in [0.15, 0.2) is 24.3 Å². The van der Waals surface area contributed by atoms with Crippen molar-refractivity contribution in [3.8, 4) is 0 Å². The zero-order chi connectivity index (χ0) is 11.6. The Kier molecular flexibility index (Phi) is 3.60. The number of benzene rings is 1. The molecule has 2 atom stereocenters. The maximum atomic E-state index is 3.51. The molecular weight excluding hydrogens is 214 g/mol. The van der Waals surface area contributed by atoms with Crippen LogP contribution in [0.25, 0.3) is 0 Å². The minimum absolute atomic E-state index is 0.364. The second kappa shape index (κ2) is 4.80. The van der Waals surface area contributed by atoms with Crippen molar-refractivity contribution < 1.29 is 0 Å². The van der Waals surface area contributed by atoms with Crippen LogP contribution in [0, 0.1) is 6.92 Å². The summed E-state index contributed by atoms with van der Waals surface area (Å²) in [4.78, 5) is 0. The van der Waals surface area contributed by atoms with E-state index in [9.17, 15) is 0 Å². The standard InChI is InChI=1S/C14H21NS/c1-11-6-4-7-12(10-11)13(15-3)14(2)8-5-9-16-14/h4,6-7,10,13,15H,5,8-9H2,1-3H3. The summed E-state index contributed by atoms with van der Waals surface area (Å²) in [5, 5.41) is 3.51. The molecule has 1 aliphatic heterocycles. The summed E-state index contributed by atoms with van der Waals surface area (Å²) < 4.78 is 0.364. The Labute approximate surface area is 103 Å². The van der Waals surface area contributed by atoms with Gasteiger partial charge in [0.25, 0.3) is 0 Å². The van der Waals surface area contributed by atoms with Gasteiger partial charge in [0, 0.05) is 10.8 Å². The zero-order valence-corrected chi connectivity index (χ0v) is 11.2. The first-order chi connectivity index (χ1) is 7.65. The summed E-state index contributed by atoms with van der Waals surface area (Å²) in [7, 11) is 2.08. The van der Waals surface area contributed by atoms with Crippen molar-refractivity contribution in [1.29, 1.82) is 0 Å². The molecule has 0 saturated carbocycles. The van der Waals surface area contributed by atoms with Crippen LogP contribution in [-0.4, -0.2) is 17.5 Å². The molecule has 0 amide bonds. The van der Waals surface area contributed by atoms with E-state index in [1.807, 2.05) is 0 Å². The van der Waals surface area contributed by atoms with Crippen molar-refractivity contribution in [2.75, 3.05) is 12.8 Å². The van der Waals surface area contributed by atoms with Crippen LogP contribution in [-0.2, 0) is 0 Å². The van der Waals surface area contributed by atoms with E-state index in [1.165, 1.54) is 29.7 Å². The Hall–Kier alpha value is -0.470. The monoisotopic (exact) mass is 235 g/mol. The topological polar surface area (TPSA) is 12.0 Å². The van der Waals surface area contributed by atoms with Crippen molar-refractivity contribution in [3.05, 3.63) is 35.4 Å². The van der Waals surface area contributed by atoms with Crippen molar-refractivity contribution in [3.63, 3.8) is 0 Å². The van der Waals surface area contributed by atoms with Gasteiger partial charge in [-0.15, -0.1) is 0 Å². The second-order valence-corrected chi connectivity index (χ2v) is 6.53. The van der Waals surface area contributed by atoms with Gasteiger partial charge in [-0.2, -0.15) is 11.8 Å². The van der Waals surface area contributed by atoms with Crippen LogP contribution >= 0.6 is 11.8 Å². The molecule has 2 unspecified atom stereocenters. The highest BCUT2D eigenvalue weighted by atomic mass is 32.2. The predicted molar refractivity (Wildman–Crippen MR) is 73.1 cm³/mol. The fourth-order valence-corrected chi connectivity index (χ4v) is 4.17. The van der Waals surface area contributed by atoms with Gasteiger partial charge in [0.2, 0.25) is 0 Å². The molecule has 1 N–H and O–H groups in total. The molecular formula is C14H21NS. The van der Waals surface area contributed by atoms with Crippen molar-refractivity contribution in [2.24, 2.45) is 0 Å². The molecule has 88 valence electrons. The first-order valence-electron chi connectivity index (χ1n) is 6.03. The van der Waals surface area contributed by atoms with Gasteiger partial charge in [0.1, 0.15) is 0 Å². The highest BCUT2D eigenvalue weighted by Crippen LogP contribution is 2.46. The van der Waals surface area contributed by atoms with E-state index in [1.54, 1.807) is 0 Å². The largest absolute Gasteiger partial charge is 0.312 e. The average Bonchev–Trinajstić information content (AvgIpc) is 2.67. The van der Waals surface area contributed by atoms with Crippen LogP contribution in [0.4, 0.5) is 0 Å². The molecule has 1 aromatic carbocycles. The number of nitrogens with one attached hydrogen (secondary N) is 1. The third kappa shape index (κ3) is 2.28. The average molecular weight is 235 g/mol. The van der Waals surface area contributed by atoms with Gasteiger partial charge in [0.05, 0.1) is 0 Å². The minimum Gasteiger partial charge on any atom is -0.312 e. The van der Waals surface area contributed by atoms with Gasteiger partial charge in [-0.25, -0.2) is 0 Å². The lowest BCUT2D eigenvalue weighted by molar-refractivity contribution is 0.440. The Balaban J connectivity index is 2.28. The van der Waals surface area contributed by atoms with Crippen LogP contribution < -0.4 is 5.32 Å². The summed E-state index contributed by atoms with van der Waals surface area (Å²) in [6.45, 7) is 4.56. The SMILES string of the molecule is CNC(c1cccc(C)c1)C1(C)CCCS1. The Morgan fingerprint density at radius 2 is 2.25 bits per heavy atom. The number of thioether (sulfide) groups is 1. The van der Waals surface area contributed by atoms with E-state index in [-0.39, 0.29) is 0 Å². The van der Waals surface area contributed by atoms with Crippen LogP contribution in [0.2, 0.25) is 0 Å². The Morgan fingerprint density at radius 1 is 1.44 bits per heavy atom. The summed E-state index contributed by atoms with van der Waals surface area (Å²) in [6.07, 6.45) is 2.67. The molecule has 2 heteroatoms. The molecule has 1 heterocycles. The van der Waals surface area contributed by atoms with Gasteiger partial charge in [-0.3, -0.25) is 0 Å². The van der Waals surface area contributed by atoms with E-state index in [0.717, 1.165) is 0 Å². The fraction of sp³-hybridized carbons (Fsp3) is 0.571. The number of hydrogen-bond donors (Lipinski definition) is 1. The smallest absolute Gasteiger partial charge is 0.0464 e. The molecule has 16 heavy (non-hydrogen) atoms. The molecule has 2 rings (SSSR count). The lowest BCUT2D eigenvalue weighted by atomic mass is 9.90. The van der Waals surface area contributed by atoms with Gasteiger partial charge in [-0.05, 0) is 45.1 Å². The quantitative estimate of drug-likeness (QED) is 0.860. The van der Waals surface area contributed by atoms with Gasteiger partial charge in [0.15, 0.2) is 0 Å². The summed E-state index contributed by atoms with van der Waals surface area (Å²) in [6, 6.07) is 9.36. The first kappa shape index (κ1) is 12.0. The molecule has 1 fully saturated rings. The highest BCUT2D eigenvalue weighted by Gasteiger charge is 2.37. The third-order valence-electron chi connectivity index (χ3n) is 3.52. The fourth-order valence-electron chi connectivity index (χ4n) is 2.70. The lowest BCUT2D eigenvalue weighted by Crippen LogP contribution is -2.35. The predicted octanol–water partition coefficient (Wildman–Crippen LogP) is 3.54. The van der Waals surface area contributed by atoms with Crippen molar-refractivity contribution in [2.45, 2.75) is 37.5 Å². The Morgan fingerprint density at radius 3 is 2.81 bits per heavy atom. The van der Waals surface area contributed by atoms with E-state index in [0.29, 0.717) is 10.8 Å². The van der Waals surface area contributed by atoms with Crippen LogP contribution in [0.1, 0.15) is 36.9 Å². The first-order valence-corrected chi connectivity index (χ1v) is 7.02. The maximum Gasteiger partial charge on any atom is 0.0464 e. The maximum absolute atomic E-state index is 3.51. The zero-order valence-electron chi connectivity index (χ0n) is 10.4. The summed E-state index contributed by atoms with van der Waals surface area (Å²) in [5.41, 5.74) is 2.78. The minimum atomic E-state index is 0.364. The van der Waals surface area contributed by atoms with Crippen molar-refractivity contribution >= 4 is 11.8 Å². The van der Waals surface area contributed by atoms with E-state index < -0.39 is 0 Å². The van der Waals surface area contributed by atoms with Gasteiger partial charge >= 0.3 is 0 Å². The summed E-state index contributed by atoms with van der Waals surface area (Å²) >= 11 is 2.12. The molecule has 1 aromatic rings. The molecule has 1 saturated heterocycles. The normalized spacial score (nSPS) is 26.9. The third-order valence-corrected chi connectivity index (χ3v) is 5.12. The molecule has 0 bridgehead atoms. The molecule has 0 aliphatic carbocycles. The Bertz CT molecular complexity index is 356. The van der Waals surface area contributed by atoms with E-state index >= 15 is 0 Å². The van der Waals surface area contributed by atoms with Crippen LogP contribution in [0.5, 0.6) is 0 Å². The highest BCUT2D eigenvalue weighted by molar-refractivity contribution is 8.00.